The van der Waals surface area contributed by atoms with Crippen LogP contribution in [0, 0.1) is 6.92 Å². The third kappa shape index (κ3) is 3.73. The summed E-state index contributed by atoms with van der Waals surface area (Å²) >= 11 is 1.25. The third-order valence-electron chi connectivity index (χ3n) is 3.74. The maximum Gasteiger partial charge on any atom is 0.411 e. The quantitative estimate of drug-likeness (QED) is 0.867. The Morgan fingerprint density at radius 2 is 2.08 bits per heavy atom. The molecule has 1 aromatic heterocycles. The molecule has 1 aliphatic carbocycles. The number of hydrogen-bond donors (Lipinski definition) is 1. The summed E-state index contributed by atoms with van der Waals surface area (Å²) < 4.78 is 5.35. The second-order valence-electron chi connectivity index (χ2n) is 5.75. The molecule has 2 aromatic rings. The molecule has 3 rings (SSSR count). The van der Waals surface area contributed by atoms with Gasteiger partial charge in [-0.25, -0.2) is 14.6 Å². The SMILES string of the molecule is Cc1csc(C(C(=O)O)N(C(=O)OCc2ccccc2)C2CC2)n1. The second kappa shape index (κ2) is 7.00. The van der Waals surface area contributed by atoms with E-state index in [0.717, 1.165) is 24.1 Å². The number of benzene rings is 1. The van der Waals surface area contributed by atoms with Gasteiger partial charge in [0, 0.05) is 17.1 Å². The number of thiazole rings is 1. The highest BCUT2D eigenvalue weighted by Gasteiger charge is 2.43. The highest BCUT2D eigenvalue weighted by molar-refractivity contribution is 7.09. The first-order valence-corrected chi connectivity index (χ1v) is 8.58. The predicted octanol–water partition coefficient (Wildman–Crippen LogP) is 3.38. The molecule has 0 bridgehead atoms. The molecular formula is C17H18N2O4S. The van der Waals surface area contributed by atoms with Crippen molar-refractivity contribution in [2.45, 2.75) is 38.5 Å². The summed E-state index contributed by atoms with van der Waals surface area (Å²) in [6.07, 6.45) is 0.963. The van der Waals surface area contributed by atoms with Crippen LogP contribution in [0.25, 0.3) is 0 Å². The number of carbonyl (C=O) groups excluding carboxylic acids is 1. The lowest BCUT2D eigenvalue weighted by atomic mass is 10.2. The molecule has 24 heavy (non-hydrogen) atoms. The topological polar surface area (TPSA) is 79.7 Å². The van der Waals surface area contributed by atoms with Gasteiger partial charge in [0.2, 0.25) is 0 Å². The van der Waals surface area contributed by atoms with Crippen molar-refractivity contribution in [1.29, 1.82) is 0 Å². The highest BCUT2D eigenvalue weighted by atomic mass is 32.1. The fourth-order valence-corrected chi connectivity index (χ4v) is 3.34. The van der Waals surface area contributed by atoms with Crippen LogP contribution in [0.2, 0.25) is 0 Å². The monoisotopic (exact) mass is 346 g/mol. The number of carbonyl (C=O) groups is 2. The summed E-state index contributed by atoms with van der Waals surface area (Å²) in [7, 11) is 0. The van der Waals surface area contributed by atoms with Crippen molar-refractivity contribution in [2.24, 2.45) is 0 Å². The van der Waals surface area contributed by atoms with Gasteiger partial charge in [-0.3, -0.25) is 4.90 Å². The molecule has 1 unspecified atom stereocenters. The Morgan fingerprint density at radius 1 is 1.38 bits per heavy atom. The molecule has 0 radical (unpaired) electrons. The molecule has 1 amide bonds. The molecule has 0 saturated heterocycles. The van der Waals surface area contributed by atoms with E-state index >= 15 is 0 Å². The number of carboxylic acid groups (broad SMARTS) is 1. The summed E-state index contributed by atoms with van der Waals surface area (Å²) in [6, 6.07) is 8.12. The van der Waals surface area contributed by atoms with Gasteiger partial charge in [0.15, 0.2) is 6.04 Å². The number of nitrogens with zero attached hydrogens (tertiary/aromatic N) is 2. The number of aryl methyl sites for hydroxylation is 1. The maximum absolute atomic E-state index is 12.5. The van der Waals surface area contributed by atoms with Gasteiger partial charge in [0.1, 0.15) is 11.6 Å². The average molecular weight is 346 g/mol. The van der Waals surface area contributed by atoms with E-state index in [1.54, 1.807) is 12.3 Å². The van der Waals surface area contributed by atoms with Crippen LogP contribution in [0.15, 0.2) is 35.7 Å². The molecule has 6 nitrogen and oxygen atoms in total. The van der Waals surface area contributed by atoms with E-state index in [4.69, 9.17) is 4.74 Å². The van der Waals surface area contributed by atoms with Crippen molar-refractivity contribution >= 4 is 23.4 Å². The van der Waals surface area contributed by atoms with Crippen LogP contribution in [-0.4, -0.2) is 33.1 Å². The molecule has 126 valence electrons. The molecular weight excluding hydrogens is 328 g/mol. The Kier molecular flexibility index (Phi) is 4.80. The van der Waals surface area contributed by atoms with Crippen LogP contribution in [0.5, 0.6) is 0 Å². The van der Waals surface area contributed by atoms with Crippen LogP contribution in [-0.2, 0) is 16.1 Å². The first-order chi connectivity index (χ1) is 11.6. The van der Waals surface area contributed by atoms with Crippen molar-refractivity contribution in [1.82, 2.24) is 9.88 Å². The summed E-state index contributed by atoms with van der Waals surface area (Å²) in [5.74, 6) is -1.09. The van der Waals surface area contributed by atoms with Crippen molar-refractivity contribution in [2.75, 3.05) is 0 Å². The molecule has 1 heterocycles. The standard InChI is InChI=1S/C17H18N2O4S/c1-11-10-24-15(18-11)14(16(20)21)19(13-7-8-13)17(22)23-9-12-5-3-2-4-6-12/h2-6,10,13-14H,7-9H2,1H3,(H,20,21). The van der Waals surface area contributed by atoms with Crippen molar-refractivity contribution in [3.05, 3.63) is 52.0 Å². The van der Waals surface area contributed by atoms with Crippen molar-refractivity contribution in [3.63, 3.8) is 0 Å². The normalized spacial score (nSPS) is 14.9. The lowest BCUT2D eigenvalue weighted by Crippen LogP contribution is -2.40. The zero-order valence-corrected chi connectivity index (χ0v) is 14.0. The van der Waals surface area contributed by atoms with E-state index in [-0.39, 0.29) is 12.6 Å². The van der Waals surface area contributed by atoms with Gasteiger partial charge in [-0.2, -0.15) is 0 Å². The Morgan fingerprint density at radius 3 is 2.62 bits per heavy atom. The van der Waals surface area contributed by atoms with Crippen LogP contribution in [0.3, 0.4) is 0 Å². The number of aliphatic carboxylic acids is 1. The number of hydrogen-bond acceptors (Lipinski definition) is 5. The van der Waals surface area contributed by atoms with E-state index in [0.29, 0.717) is 5.01 Å². The number of amides is 1. The Bertz CT molecular complexity index is 727. The number of rotatable bonds is 6. The van der Waals surface area contributed by atoms with E-state index in [2.05, 4.69) is 4.98 Å². The van der Waals surface area contributed by atoms with E-state index in [9.17, 15) is 14.7 Å². The Hall–Kier alpha value is -2.41. The molecule has 1 N–H and O–H groups in total. The first kappa shape index (κ1) is 16.4. The van der Waals surface area contributed by atoms with Crippen LogP contribution in [0.1, 0.15) is 35.1 Å². The third-order valence-corrected chi connectivity index (χ3v) is 4.75. The van der Waals surface area contributed by atoms with E-state index in [1.165, 1.54) is 16.2 Å². The summed E-state index contributed by atoms with van der Waals surface area (Å²) in [4.78, 5) is 29.9. The van der Waals surface area contributed by atoms with Gasteiger partial charge < -0.3 is 9.84 Å². The number of carboxylic acids is 1. The summed E-state index contributed by atoms with van der Waals surface area (Å²) in [6.45, 7) is 1.92. The fraction of sp³-hybridized carbons (Fsp3) is 0.353. The van der Waals surface area contributed by atoms with Crippen LogP contribution < -0.4 is 0 Å². The summed E-state index contributed by atoms with van der Waals surface area (Å²) in [5.41, 5.74) is 1.60. The molecule has 0 aliphatic heterocycles. The largest absolute Gasteiger partial charge is 0.479 e. The predicted molar refractivity (Wildman–Crippen MR) is 88.7 cm³/mol. The first-order valence-electron chi connectivity index (χ1n) is 7.70. The molecule has 0 spiro atoms. The van der Waals surface area contributed by atoms with Crippen LogP contribution in [0.4, 0.5) is 4.79 Å². The van der Waals surface area contributed by atoms with Gasteiger partial charge in [0.25, 0.3) is 0 Å². The average Bonchev–Trinajstić information content (AvgIpc) is 3.32. The van der Waals surface area contributed by atoms with Gasteiger partial charge in [-0.15, -0.1) is 11.3 Å². The van der Waals surface area contributed by atoms with Gasteiger partial charge in [-0.05, 0) is 25.3 Å². The minimum atomic E-state index is -1.10. The number of aromatic nitrogens is 1. The Labute approximate surface area is 143 Å². The van der Waals surface area contributed by atoms with Crippen LogP contribution >= 0.6 is 11.3 Å². The molecule has 1 atom stereocenters. The van der Waals surface area contributed by atoms with E-state index < -0.39 is 18.1 Å². The Balaban J connectivity index is 1.77. The molecule has 1 saturated carbocycles. The zero-order valence-electron chi connectivity index (χ0n) is 13.2. The summed E-state index contributed by atoms with van der Waals surface area (Å²) in [5, 5.41) is 11.8. The minimum absolute atomic E-state index is 0.0985. The molecule has 7 heteroatoms. The van der Waals surface area contributed by atoms with Gasteiger partial charge >= 0.3 is 12.1 Å². The molecule has 1 aromatic carbocycles. The lowest BCUT2D eigenvalue weighted by molar-refractivity contribution is -0.143. The van der Waals surface area contributed by atoms with Gasteiger partial charge in [0.05, 0.1) is 0 Å². The lowest BCUT2D eigenvalue weighted by Gasteiger charge is -2.26. The van der Waals surface area contributed by atoms with Crippen molar-refractivity contribution in [3.8, 4) is 0 Å². The second-order valence-corrected chi connectivity index (χ2v) is 6.64. The van der Waals surface area contributed by atoms with Crippen molar-refractivity contribution < 1.29 is 19.4 Å². The highest BCUT2D eigenvalue weighted by Crippen LogP contribution is 2.36. The van der Waals surface area contributed by atoms with E-state index in [1.807, 2.05) is 30.3 Å². The zero-order chi connectivity index (χ0) is 17.1. The smallest absolute Gasteiger partial charge is 0.411 e. The molecule has 1 aliphatic rings. The van der Waals surface area contributed by atoms with Gasteiger partial charge in [-0.1, -0.05) is 30.3 Å². The fourth-order valence-electron chi connectivity index (χ4n) is 2.45. The molecule has 1 fully saturated rings. The minimum Gasteiger partial charge on any atom is -0.479 e. The maximum atomic E-state index is 12.5. The number of ether oxygens (including phenoxy) is 1.